The zero-order valence-corrected chi connectivity index (χ0v) is 10.7. The van der Waals surface area contributed by atoms with E-state index in [1.54, 1.807) is 12.3 Å². The van der Waals surface area contributed by atoms with Gasteiger partial charge in [-0.05, 0) is 38.3 Å². The van der Waals surface area contributed by atoms with Crippen molar-refractivity contribution in [3.8, 4) is 6.07 Å². The van der Waals surface area contributed by atoms with Crippen LogP contribution in [0.1, 0.15) is 31.7 Å². The van der Waals surface area contributed by atoms with Gasteiger partial charge in [0, 0.05) is 12.6 Å². The molecule has 1 heterocycles. The van der Waals surface area contributed by atoms with Crippen molar-refractivity contribution < 1.29 is 0 Å². The lowest BCUT2D eigenvalue weighted by atomic mass is 10.0. The lowest BCUT2D eigenvalue weighted by Gasteiger charge is -2.32. The second kappa shape index (κ2) is 5.78. The summed E-state index contributed by atoms with van der Waals surface area (Å²) in [6, 6.07) is 4.30. The van der Waals surface area contributed by atoms with Crippen LogP contribution in [0.2, 0.25) is 0 Å². The molecule has 1 aliphatic carbocycles. The predicted octanol–water partition coefficient (Wildman–Crippen LogP) is 1.30. The second-order valence-electron chi connectivity index (χ2n) is 4.66. The molecule has 0 spiro atoms. The molecule has 5 heteroatoms. The van der Waals surface area contributed by atoms with Crippen LogP contribution in [0.25, 0.3) is 0 Å². The van der Waals surface area contributed by atoms with Gasteiger partial charge in [-0.25, -0.2) is 0 Å². The average molecular weight is 245 g/mol. The molecule has 1 aliphatic rings. The highest BCUT2D eigenvalue weighted by Gasteiger charge is 2.32. The minimum absolute atomic E-state index is 0.392. The minimum Gasteiger partial charge on any atom is -0.351 e. The zero-order chi connectivity index (χ0) is 13.0. The van der Waals surface area contributed by atoms with Crippen LogP contribution >= 0.6 is 0 Å². The fourth-order valence-electron chi connectivity index (χ4n) is 2.87. The molecule has 2 rings (SSSR count). The first-order valence-electron chi connectivity index (χ1n) is 6.50. The van der Waals surface area contributed by atoms with Gasteiger partial charge in [0.05, 0.1) is 11.8 Å². The third-order valence-corrected chi connectivity index (χ3v) is 3.76. The highest BCUT2D eigenvalue weighted by atomic mass is 15.3. The van der Waals surface area contributed by atoms with E-state index >= 15 is 0 Å². The molecule has 1 aromatic rings. The zero-order valence-electron chi connectivity index (χ0n) is 10.7. The number of nitrogens with two attached hydrogens (primary N) is 1. The molecule has 1 fully saturated rings. The molecule has 96 valence electrons. The van der Waals surface area contributed by atoms with E-state index in [2.05, 4.69) is 28.1 Å². The van der Waals surface area contributed by atoms with Gasteiger partial charge in [-0.2, -0.15) is 10.4 Å². The number of aromatic nitrogens is 2. The maximum absolute atomic E-state index is 9.16. The Morgan fingerprint density at radius 1 is 1.56 bits per heavy atom. The van der Waals surface area contributed by atoms with Crippen LogP contribution in [-0.4, -0.2) is 29.3 Å². The summed E-state index contributed by atoms with van der Waals surface area (Å²) in [6.07, 6.45) is 5.05. The van der Waals surface area contributed by atoms with Gasteiger partial charge < -0.3 is 10.6 Å². The Kier molecular flexibility index (Phi) is 4.11. The molecule has 0 radical (unpaired) electrons. The van der Waals surface area contributed by atoms with Gasteiger partial charge >= 0.3 is 0 Å². The predicted molar refractivity (Wildman–Crippen MR) is 70.0 cm³/mol. The van der Waals surface area contributed by atoms with Crippen molar-refractivity contribution in [3.05, 3.63) is 17.8 Å². The standard InChI is InChI=1S/C13H19N5/c1-2-18(12-5-3-4-10(12)8-14)13-11(9-15)6-7-16-17-13/h6-7,10,12H,2-5,8,14H2,1H3. The molecule has 2 unspecified atom stereocenters. The quantitative estimate of drug-likeness (QED) is 0.865. The third-order valence-electron chi connectivity index (χ3n) is 3.76. The summed E-state index contributed by atoms with van der Waals surface area (Å²) >= 11 is 0. The Hall–Kier alpha value is -1.67. The van der Waals surface area contributed by atoms with Gasteiger partial charge in [-0.3, -0.25) is 0 Å². The summed E-state index contributed by atoms with van der Waals surface area (Å²) in [4.78, 5) is 2.19. The summed E-state index contributed by atoms with van der Waals surface area (Å²) in [6.45, 7) is 3.61. The Bertz CT molecular complexity index is 439. The van der Waals surface area contributed by atoms with Crippen molar-refractivity contribution >= 4 is 5.82 Å². The Balaban J connectivity index is 2.31. The molecule has 18 heavy (non-hydrogen) atoms. The molecule has 0 aromatic carbocycles. The van der Waals surface area contributed by atoms with Crippen molar-refractivity contribution in [3.63, 3.8) is 0 Å². The lowest BCUT2D eigenvalue weighted by Crippen LogP contribution is -2.41. The number of hydrogen-bond donors (Lipinski definition) is 1. The smallest absolute Gasteiger partial charge is 0.169 e. The van der Waals surface area contributed by atoms with Crippen molar-refractivity contribution in [1.82, 2.24) is 10.2 Å². The molecule has 0 bridgehead atoms. The van der Waals surface area contributed by atoms with E-state index in [0.717, 1.165) is 13.0 Å². The molecule has 1 aromatic heterocycles. The van der Waals surface area contributed by atoms with E-state index in [9.17, 15) is 0 Å². The molecular formula is C13H19N5. The number of nitriles is 1. The van der Waals surface area contributed by atoms with Crippen molar-refractivity contribution in [2.24, 2.45) is 11.7 Å². The maximum atomic E-state index is 9.16. The summed E-state index contributed by atoms with van der Waals surface area (Å²) in [5.41, 5.74) is 6.43. The van der Waals surface area contributed by atoms with Crippen LogP contribution in [-0.2, 0) is 0 Å². The summed E-state index contributed by atoms with van der Waals surface area (Å²) in [5.74, 6) is 1.20. The van der Waals surface area contributed by atoms with Gasteiger partial charge in [0.1, 0.15) is 6.07 Å². The highest BCUT2D eigenvalue weighted by molar-refractivity contribution is 5.53. The molecule has 0 saturated heterocycles. The highest BCUT2D eigenvalue weighted by Crippen LogP contribution is 2.32. The van der Waals surface area contributed by atoms with Crippen LogP contribution in [0, 0.1) is 17.2 Å². The first kappa shape index (κ1) is 12.8. The Labute approximate surface area is 108 Å². The Morgan fingerprint density at radius 3 is 3.06 bits per heavy atom. The molecular weight excluding hydrogens is 226 g/mol. The SMILES string of the molecule is CCN(c1nnccc1C#N)C1CCCC1CN. The number of rotatable bonds is 4. The molecule has 1 saturated carbocycles. The molecule has 0 aliphatic heterocycles. The van der Waals surface area contributed by atoms with Gasteiger partial charge in [0.25, 0.3) is 0 Å². The van der Waals surface area contributed by atoms with Crippen LogP contribution in [0.4, 0.5) is 5.82 Å². The monoisotopic (exact) mass is 245 g/mol. The van der Waals surface area contributed by atoms with Crippen LogP contribution in [0.15, 0.2) is 12.3 Å². The van der Waals surface area contributed by atoms with Gasteiger partial charge in [-0.15, -0.1) is 5.10 Å². The number of nitrogens with zero attached hydrogens (tertiary/aromatic N) is 4. The maximum Gasteiger partial charge on any atom is 0.169 e. The van der Waals surface area contributed by atoms with E-state index in [1.807, 2.05) is 0 Å². The first-order chi connectivity index (χ1) is 8.81. The number of anilines is 1. The summed E-state index contributed by atoms with van der Waals surface area (Å²) in [7, 11) is 0. The minimum atomic E-state index is 0.392. The van der Waals surface area contributed by atoms with E-state index in [-0.39, 0.29) is 0 Å². The van der Waals surface area contributed by atoms with Crippen molar-refractivity contribution in [2.75, 3.05) is 18.0 Å². The molecule has 2 N–H and O–H groups in total. The normalized spacial score (nSPS) is 22.7. The molecule has 2 atom stereocenters. The lowest BCUT2D eigenvalue weighted by molar-refractivity contribution is 0.458. The molecule has 5 nitrogen and oxygen atoms in total. The second-order valence-corrected chi connectivity index (χ2v) is 4.66. The largest absolute Gasteiger partial charge is 0.351 e. The van der Waals surface area contributed by atoms with Gasteiger partial charge in [-0.1, -0.05) is 6.42 Å². The third kappa shape index (κ3) is 2.29. The topological polar surface area (TPSA) is 78.8 Å². The fraction of sp³-hybridized carbons (Fsp3) is 0.615. The van der Waals surface area contributed by atoms with Crippen LogP contribution in [0.5, 0.6) is 0 Å². The fourth-order valence-corrected chi connectivity index (χ4v) is 2.87. The first-order valence-corrected chi connectivity index (χ1v) is 6.50. The number of hydrogen-bond acceptors (Lipinski definition) is 5. The summed E-state index contributed by atoms with van der Waals surface area (Å²) in [5, 5.41) is 17.2. The van der Waals surface area contributed by atoms with E-state index in [1.165, 1.54) is 12.8 Å². The van der Waals surface area contributed by atoms with E-state index < -0.39 is 0 Å². The Morgan fingerprint density at radius 2 is 2.39 bits per heavy atom. The van der Waals surface area contributed by atoms with E-state index in [4.69, 9.17) is 11.0 Å². The van der Waals surface area contributed by atoms with Crippen molar-refractivity contribution in [1.29, 1.82) is 5.26 Å². The van der Waals surface area contributed by atoms with Crippen LogP contribution < -0.4 is 10.6 Å². The van der Waals surface area contributed by atoms with Gasteiger partial charge in [0.15, 0.2) is 5.82 Å². The average Bonchev–Trinajstić information content (AvgIpc) is 2.88. The summed E-state index contributed by atoms with van der Waals surface area (Å²) < 4.78 is 0. The van der Waals surface area contributed by atoms with Crippen molar-refractivity contribution in [2.45, 2.75) is 32.2 Å². The van der Waals surface area contributed by atoms with E-state index in [0.29, 0.717) is 29.9 Å². The molecule has 0 amide bonds. The van der Waals surface area contributed by atoms with Gasteiger partial charge in [0.2, 0.25) is 0 Å². The van der Waals surface area contributed by atoms with Crippen LogP contribution in [0.3, 0.4) is 0 Å².